The lowest BCUT2D eigenvalue weighted by Crippen LogP contribution is -2.21. The van der Waals surface area contributed by atoms with Crippen molar-refractivity contribution in [2.75, 3.05) is 0 Å². The smallest absolute Gasteiger partial charge is 0.0364 e. The average molecular weight is 265 g/mol. The summed E-state index contributed by atoms with van der Waals surface area (Å²) < 4.78 is 0. The Hall–Kier alpha value is -1.60. The Morgan fingerprint density at radius 1 is 0.950 bits per heavy atom. The average Bonchev–Trinajstić information content (AvgIpc) is 2.45. The van der Waals surface area contributed by atoms with E-state index in [1.165, 1.54) is 36.0 Å². The molecule has 1 fully saturated rings. The summed E-state index contributed by atoms with van der Waals surface area (Å²) in [6.45, 7) is 2.23. The van der Waals surface area contributed by atoms with E-state index in [2.05, 4.69) is 61.5 Å². The van der Waals surface area contributed by atoms with Gasteiger partial charge in [0.25, 0.3) is 0 Å². The highest BCUT2D eigenvalue weighted by Crippen LogP contribution is 2.41. The summed E-state index contributed by atoms with van der Waals surface area (Å²) in [5.74, 6) is 1.08. The van der Waals surface area contributed by atoms with E-state index in [4.69, 9.17) is 5.73 Å². The van der Waals surface area contributed by atoms with Crippen LogP contribution in [0.5, 0.6) is 0 Å². The molecule has 2 aromatic rings. The van der Waals surface area contributed by atoms with Crippen LogP contribution in [-0.4, -0.2) is 0 Å². The molecule has 1 nitrogen and oxygen atoms in total. The van der Waals surface area contributed by atoms with Crippen LogP contribution in [0.1, 0.15) is 60.8 Å². The summed E-state index contributed by atoms with van der Waals surface area (Å²) in [7, 11) is 0. The second-order valence-electron chi connectivity index (χ2n) is 5.98. The molecule has 2 aromatic carbocycles. The van der Waals surface area contributed by atoms with Crippen LogP contribution < -0.4 is 5.73 Å². The number of benzene rings is 2. The molecule has 1 heteroatoms. The quantitative estimate of drug-likeness (QED) is 0.847. The molecular weight excluding hydrogens is 242 g/mol. The molecule has 0 heterocycles. The Balaban J connectivity index is 1.88. The van der Waals surface area contributed by atoms with Crippen LogP contribution in [0.4, 0.5) is 0 Å². The van der Waals surface area contributed by atoms with Crippen molar-refractivity contribution in [3.05, 3.63) is 71.3 Å². The van der Waals surface area contributed by atoms with Gasteiger partial charge in [0.2, 0.25) is 0 Å². The first-order valence-corrected chi connectivity index (χ1v) is 7.66. The Kier molecular flexibility index (Phi) is 3.88. The second kappa shape index (κ2) is 5.80. The topological polar surface area (TPSA) is 26.0 Å². The van der Waals surface area contributed by atoms with E-state index in [-0.39, 0.29) is 6.04 Å². The summed E-state index contributed by atoms with van der Waals surface area (Å²) in [5, 5.41) is 0. The zero-order chi connectivity index (χ0) is 13.9. The minimum atomic E-state index is 0.0780. The molecule has 0 bridgehead atoms. The summed E-state index contributed by atoms with van der Waals surface area (Å²) in [4.78, 5) is 0. The SMILES string of the molecule is CC(c1ccccc1)C(N)c1ccccc1C1CCC1. The van der Waals surface area contributed by atoms with Gasteiger partial charge in [0.15, 0.2) is 0 Å². The molecule has 1 aliphatic rings. The van der Waals surface area contributed by atoms with Crippen molar-refractivity contribution in [2.24, 2.45) is 5.73 Å². The molecule has 0 amide bonds. The predicted molar refractivity (Wildman–Crippen MR) is 84.8 cm³/mol. The van der Waals surface area contributed by atoms with E-state index >= 15 is 0 Å². The standard InChI is InChI=1S/C19H23N/c1-14(15-8-3-2-4-9-15)19(20)18-13-6-5-12-17(18)16-10-7-11-16/h2-6,8-9,12-14,16,19H,7,10-11,20H2,1H3. The molecular formula is C19H23N. The van der Waals surface area contributed by atoms with Gasteiger partial charge < -0.3 is 5.73 Å². The minimum Gasteiger partial charge on any atom is -0.323 e. The van der Waals surface area contributed by atoms with Gasteiger partial charge in [0, 0.05) is 12.0 Å². The summed E-state index contributed by atoms with van der Waals surface area (Å²) in [6.07, 6.45) is 4.01. The maximum Gasteiger partial charge on any atom is 0.0364 e. The minimum absolute atomic E-state index is 0.0780. The van der Waals surface area contributed by atoms with Crippen molar-refractivity contribution in [3.8, 4) is 0 Å². The van der Waals surface area contributed by atoms with Crippen molar-refractivity contribution in [3.63, 3.8) is 0 Å². The van der Waals surface area contributed by atoms with Gasteiger partial charge in [-0.25, -0.2) is 0 Å². The van der Waals surface area contributed by atoms with Crippen LogP contribution in [0, 0.1) is 0 Å². The normalized spacial score (nSPS) is 18.3. The maximum atomic E-state index is 6.59. The third-order valence-electron chi connectivity index (χ3n) is 4.76. The molecule has 104 valence electrons. The molecule has 2 N–H and O–H groups in total. The van der Waals surface area contributed by atoms with E-state index in [1.807, 2.05) is 0 Å². The van der Waals surface area contributed by atoms with Gasteiger partial charge >= 0.3 is 0 Å². The van der Waals surface area contributed by atoms with Crippen LogP contribution in [-0.2, 0) is 0 Å². The molecule has 3 rings (SSSR count). The van der Waals surface area contributed by atoms with Gasteiger partial charge in [-0.1, -0.05) is 67.9 Å². The van der Waals surface area contributed by atoms with Gasteiger partial charge in [-0.2, -0.15) is 0 Å². The molecule has 2 unspecified atom stereocenters. The third kappa shape index (κ3) is 2.51. The van der Waals surface area contributed by atoms with E-state index in [0.717, 1.165) is 5.92 Å². The maximum absolute atomic E-state index is 6.59. The van der Waals surface area contributed by atoms with Crippen molar-refractivity contribution >= 4 is 0 Å². The number of nitrogens with two attached hydrogens (primary N) is 1. The van der Waals surface area contributed by atoms with Gasteiger partial charge in [0.1, 0.15) is 0 Å². The van der Waals surface area contributed by atoms with E-state index in [9.17, 15) is 0 Å². The molecule has 1 saturated carbocycles. The van der Waals surface area contributed by atoms with Gasteiger partial charge in [-0.15, -0.1) is 0 Å². The molecule has 20 heavy (non-hydrogen) atoms. The fraction of sp³-hybridized carbons (Fsp3) is 0.368. The number of rotatable bonds is 4. The second-order valence-corrected chi connectivity index (χ2v) is 5.98. The predicted octanol–water partition coefficient (Wildman–Crippen LogP) is 4.76. The van der Waals surface area contributed by atoms with Gasteiger partial charge in [0.05, 0.1) is 0 Å². The van der Waals surface area contributed by atoms with Gasteiger partial charge in [-0.3, -0.25) is 0 Å². The highest BCUT2D eigenvalue weighted by molar-refractivity contribution is 5.36. The molecule has 0 saturated heterocycles. The summed E-state index contributed by atoms with van der Waals surface area (Å²) in [6, 6.07) is 19.4. The Labute approximate surface area is 121 Å². The lowest BCUT2D eigenvalue weighted by atomic mass is 9.75. The number of hydrogen-bond acceptors (Lipinski definition) is 1. The number of hydrogen-bond donors (Lipinski definition) is 1. The lowest BCUT2D eigenvalue weighted by Gasteiger charge is -2.31. The van der Waals surface area contributed by atoms with Crippen LogP contribution >= 0.6 is 0 Å². The summed E-state index contributed by atoms with van der Waals surface area (Å²) >= 11 is 0. The van der Waals surface area contributed by atoms with Gasteiger partial charge in [-0.05, 0) is 35.4 Å². The monoisotopic (exact) mass is 265 g/mol. The molecule has 0 spiro atoms. The van der Waals surface area contributed by atoms with Crippen molar-refractivity contribution in [1.82, 2.24) is 0 Å². The van der Waals surface area contributed by atoms with Crippen LogP contribution in [0.2, 0.25) is 0 Å². The molecule has 0 aliphatic heterocycles. The van der Waals surface area contributed by atoms with Crippen molar-refractivity contribution < 1.29 is 0 Å². The molecule has 2 atom stereocenters. The Bertz CT molecular complexity index is 557. The van der Waals surface area contributed by atoms with Crippen molar-refractivity contribution in [2.45, 2.75) is 44.1 Å². The lowest BCUT2D eigenvalue weighted by molar-refractivity contribution is 0.413. The van der Waals surface area contributed by atoms with Crippen LogP contribution in [0.25, 0.3) is 0 Å². The van der Waals surface area contributed by atoms with E-state index in [0.29, 0.717) is 5.92 Å². The molecule has 1 aliphatic carbocycles. The first-order valence-electron chi connectivity index (χ1n) is 7.66. The fourth-order valence-corrected chi connectivity index (χ4v) is 3.14. The van der Waals surface area contributed by atoms with E-state index < -0.39 is 0 Å². The first kappa shape index (κ1) is 13.4. The van der Waals surface area contributed by atoms with E-state index in [1.54, 1.807) is 0 Å². The zero-order valence-electron chi connectivity index (χ0n) is 12.1. The third-order valence-corrected chi connectivity index (χ3v) is 4.76. The largest absolute Gasteiger partial charge is 0.323 e. The first-order chi connectivity index (χ1) is 9.77. The zero-order valence-corrected chi connectivity index (χ0v) is 12.1. The molecule has 0 aromatic heterocycles. The molecule has 0 radical (unpaired) electrons. The fourth-order valence-electron chi connectivity index (χ4n) is 3.14. The highest BCUT2D eigenvalue weighted by atomic mass is 14.7. The van der Waals surface area contributed by atoms with Crippen LogP contribution in [0.15, 0.2) is 54.6 Å². The highest BCUT2D eigenvalue weighted by Gasteiger charge is 2.26. The van der Waals surface area contributed by atoms with Crippen molar-refractivity contribution in [1.29, 1.82) is 0 Å². The Morgan fingerprint density at radius 2 is 1.60 bits per heavy atom. The summed E-state index contributed by atoms with van der Waals surface area (Å²) in [5.41, 5.74) is 10.7. The van der Waals surface area contributed by atoms with Crippen LogP contribution in [0.3, 0.4) is 0 Å². The Morgan fingerprint density at radius 3 is 2.25 bits per heavy atom.